The Morgan fingerprint density at radius 1 is 1.08 bits per heavy atom. The number of fused-ring (bicyclic) bond motifs is 1. The van der Waals surface area contributed by atoms with Crippen LogP contribution >= 0.6 is 0 Å². The van der Waals surface area contributed by atoms with Crippen molar-refractivity contribution in [1.82, 2.24) is 4.98 Å². The maximum atomic E-state index is 12.4. The van der Waals surface area contributed by atoms with Crippen LogP contribution in [0.5, 0.6) is 0 Å². The van der Waals surface area contributed by atoms with E-state index < -0.39 is 0 Å². The number of rotatable bonds is 3. The van der Waals surface area contributed by atoms with Crippen molar-refractivity contribution in [3.63, 3.8) is 0 Å². The van der Waals surface area contributed by atoms with E-state index in [0.29, 0.717) is 18.1 Å². The Morgan fingerprint density at radius 3 is 2.60 bits per heavy atom. The molecule has 2 heterocycles. The maximum Gasteiger partial charge on any atom is 0.274 e. The summed E-state index contributed by atoms with van der Waals surface area (Å²) in [6.07, 6.45) is 0.759. The number of nitrogens with one attached hydrogen (secondary N) is 2. The minimum Gasteiger partial charge on any atom is -0.321 e. The van der Waals surface area contributed by atoms with Crippen LogP contribution in [-0.2, 0) is 16.0 Å². The van der Waals surface area contributed by atoms with Gasteiger partial charge in [-0.15, -0.1) is 0 Å². The van der Waals surface area contributed by atoms with Crippen molar-refractivity contribution in [2.45, 2.75) is 20.3 Å². The molecule has 1 aromatic heterocycles. The van der Waals surface area contributed by atoms with Crippen LogP contribution in [0.15, 0.2) is 36.4 Å². The fourth-order valence-corrected chi connectivity index (χ4v) is 2.81. The SMILES string of the molecule is CC(=O)Nc1cccc(C(=O)Nc2ccc3c(c2)CCN3C(C)=O)n1. The predicted octanol–water partition coefficient (Wildman–Crippen LogP) is 2.20. The normalized spacial score (nSPS) is 12.5. The molecule has 7 heteroatoms. The average molecular weight is 338 g/mol. The van der Waals surface area contributed by atoms with E-state index >= 15 is 0 Å². The standard InChI is InChI=1S/C18H18N4O3/c1-11(23)19-17-5-3-4-15(21-17)18(25)20-14-6-7-16-13(10-14)8-9-22(16)12(2)24/h3-7,10H,8-9H2,1-2H3,(H,20,25)(H,19,21,23). The molecule has 3 rings (SSSR count). The highest BCUT2D eigenvalue weighted by molar-refractivity contribution is 6.04. The van der Waals surface area contributed by atoms with Crippen LogP contribution in [0, 0.1) is 0 Å². The summed E-state index contributed by atoms with van der Waals surface area (Å²) < 4.78 is 0. The average Bonchev–Trinajstić information content (AvgIpc) is 2.98. The van der Waals surface area contributed by atoms with Crippen LogP contribution in [0.1, 0.15) is 29.9 Å². The first kappa shape index (κ1) is 16.6. The van der Waals surface area contributed by atoms with E-state index in [1.54, 1.807) is 36.1 Å². The number of carbonyl (C=O) groups excluding carboxylic acids is 3. The van der Waals surface area contributed by atoms with E-state index in [4.69, 9.17) is 0 Å². The van der Waals surface area contributed by atoms with E-state index in [2.05, 4.69) is 15.6 Å². The Balaban J connectivity index is 1.76. The van der Waals surface area contributed by atoms with Gasteiger partial charge in [0.1, 0.15) is 11.5 Å². The van der Waals surface area contributed by atoms with Gasteiger partial charge in [-0.05, 0) is 42.3 Å². The molecule has 1 aliphatic rings. The fraction of sp³-hybridized carbons (Fsp3) is 0.222. The molecule has 0 atom stereocenters. The van der Waals surface area contributed by atoms with Crippen LogP contribution < -0.4 is 15.5 Å². The van der Waals surface area contributed by atoms with Crippen molar-refractivity contribution in [3.8, 4) is 0 Å². The molecular weight excluding hydrogens is 320 g/mol. The largest absolute Gasteiger partial charge is 0.321 e. The molecule has 0 bridgehead atoms. The predicted molar refractivity (Wildman–Crippen MR) is 94.7 cm³/mol. The molecule has 7 nitrogen and oxygen atoms in total. The van der Waals surface area contributed by atoms with E-state index in [-0.39, 0.29) is 23.4 Å². The van der Waals surface area contributed by atoms with Crippen LogP contribution in [0.2, 0.25) is 0 Å². The summed E-state index contributed by atoms with van der Waals surface area (Å²) in [6.45, 7) is 3.57. The van der Waals surface area contributed by atoms with Crippen LogP contribution in [-0.4, -0.2) is 29.3 Å². The van der Waals surface area contributed by atoms with Crippen LogP contribution in [0.3, 0.4) is 0 Å². The first-order chi connectivity index (χ1) is 11.9. The van der Waals surface area contributed by atoms with Crippen molar-refractivity contribution < 1.29 is 14.4 Å². The first-order valence-corrected chi connectivity index (χ1v) is 7.91. The Morgan fingerprint density at radius 2 is 1.88 bits per heavy atom. The molecule has 0 saturated carbocycles. The third kappa shape index (κ3) is 3.65. The second-order valence-corrected chi connectivity index (χ2v) is 5.81. The summed E-state index contributed by atoms with van der Waals surface area (Å²) >= 11 is 0. The third-order valence-electron chi connectivity index (χ3n) is 3.90. The van der Waals surface area contributed by atoms with E-state index in [0.717, 1.165) is 17.7 Å². The van der Waals surface area contributed by atoms with E-state index in [9.17, 15) is 14.4 Å². The zero-order valence-corrected chi connectivity index (χ0v) is 14.0. The van der Waals surface area contributed by atoms with Crippen LogP contribution in [0.4, 0.5) is 17.2 Å². The second kappa shape index (κ2) is 6.72. The zero-order valence-electron chi connectivity index (χ0n) is 14.0. The lowest BCUT2D eigenvalue weighted by Gasteiger charge is -2.15. The summed E-state index contributed by atoms with van der Waals surface area (Å²) in [7, 11) is 0. The minimum absolute atomic E-state index is 0.00882. The summed E-state index contributed by atoms with van der Waals surface area (Å²) in [6, 6.07) is 10.3. The zero-order chi connectivity index (χ0) is 18.0. The molecule has 0 aliphatic carbocycles. The van der Waals surface area contributed by atoms with Crippen molar-refractivity contribution in [3.05, 3.63) is 47.7 Å². The molecule has 0 unspecified atom stereocenters. The van der Waals surface area contributed by atoms with Gasteiger partial charge in [0, 0.05) is 31.8 Å². The van der Waals surface area contributed by atoms with E-state index in [1.807, 2.05) is 12.1 Å². The fourth-order valence-electron chi connectivity index (χ4n) is 2.81. The molecule has 2 N–H and O–H groups in total. The smallest absolute Gasteiger partial charge is 0.274 e. The highest BCUT2D eigenvalue weighted by Crippen LogP contribution is 2.30. The molecular formula is C18H18N4O3. The molecule has 0 fully saturated rings. The molecule has 0 saturated heterocycles. The number of nitrogens with zero attached hydrogens (tertiary/aromatic N) is 2. The van der Waals surface area contributed by atoms with Gasteiger partial charge in [0.2, 0.25) is 11.8 Å². The van der Waals surface area contributed by atoms with E-state index in [1.165, 1.54) is 6.92 Å². The van der Waals surface area contributed by atoms with Gasteiger partial charge < -0.3 is 15.5 Å². The monoisotopic (exact) mass is 338 g/mol. The number of carbonyl (C=O) groups is 3. The molecule has 3 amide bonds. The summed E-state index contributed by atoms with van der Waals surface area (Å²) in [5.74, 6) is -0.284. The molecule has 1 aromatic carbocycles. The highest BCUT2D eigenvalue weighted by atomic mass is 16.2. The summed E-state index contributed by atoms with van der Waals surface area (Å²) in [5.41, 5.74) is 2.75. The number of hydrogen-bond donors (Lipinski definition) is 2. The minimum atomic E-state index is -0.367. The Labute approximate surface area is 145 Å². The van der Waals surface area contributed by atoms with Gasteiger partial charge in [0.05, 0.1) is 0 Å². The number of anilines is 3. The lowest BCUT2D eigenvalue weighted by molar-refractivity contribution is -0.116. The lowest BCUT2D eigenvalue weighted by Crippen LogP contribution is -2.25. The lowest BCUT2D eigenvalue weighted by atomic mass is 10.1. The molecule has 128 valence electrons. The second-order valence-electron chi connectivity index (χ2n) is 5.81. The molecule has 25 heavy (non-hydrogen) atoms. The van der Waals surface area contributed by atoms with Crippen LogP contribution in [0.25, 0.3) is 0 Å². The Hall–Kier alpha value is -3.22. The van der Waals surface area contributed by atoms with Crippen molar-refractivity contribution in [1.29, 1.82) is 0 Å². The van der Waals surface area contributed by atoms with Gasteiger partial charge in [-0.2, -0.15) is 0 Å². The molecule has 2 aromatic rings. The van der Waals surface area contributed by atoms with Gasteiger partial charge >= 0.3 is 0 Å². The van der Waals surface area contributed by atoms with Gasteiger partial charge in [-0.3, -0.25) is 14.4 Å². The van der Waals surface area contributed by atoms with Gasteiger partial charge in [0.25, 0.3) is 5.91 Å². The maximum absolute atomic E-state index is 12.4. The summed E-state index contributed by atoms with van der Waals surface area (Å²) in [5, 5.41) is 5.34. The number of pyridine rings is 1. The van der Waals surface area contributed by atoms with Gasteiger partial charge in [-0.25, -0.2) is 4.98 Å². The first-order valence-electron chi connectivity index (χ1n) is 7.91. The molecule has 0 spiro atoms. The highest BCUT2D eigenvalue weighted by Gasteiger charge is 2.22. The van der Waals surface area contributed by atoms with Crippen molar-refractivity contribution >= 4 is 34.9 Å². The Bertz CT molecular complexity index is 863. The number of amides is 3. The van der Waals surface area contributed by atoms with Crippen molar-refractivity contribution in [2.75, 3.05) is 22.1 Å². The topological polar surface area (TPSA) is 91.4 Å². The molecule has 0 radical (unpaired) electrons. The number of hydrogen-bond acceptors (Lipinski definition) is 4. The summed E-state index contributed by atoms with van der Waals surface area (Å²) in [4.78, 5) is 40.9. The van der Waals surface area contributed by atoms with Gasteiger partial charge in [0.15, 0.2) is 0 Å². The van der Waals surface area contributed by atoms with Gasteiger partial charge in [-0.1, -0.05) is 6.07 Å². The van der Waals surface area contributed by atoms with Crippen molar-refractivity contribution in [2.24, 2.45) is 0 Å². The third-order valence-corrected chi connectivity index (χ3v) is 3.90. The number of aromatic nitrogens is 1. The molecule has 1 aliphatic heterocycles. The quantitative estimate of drug-likeness (QED) is 0.897. The Kier molecular flexibility index (Phi) is 4.47. The number of benzene rings is 1.